The van der Waals surface area contributed by atoms with Crippen molar-refractivity contribution in [3.8, 4) is 11.5 Å². The highest BCUT2D eigenvalue weighted by atomic mass is 32.1. The van der Waals surface area contributed by atoms with E-state index in [1.165, 1.54) is 28.0 Å². The van der Waals surface area contributed by atoms with Crippen LogP contribution in [0.5, 0.6) is 11.5 Å². The van der Waals surface area contributed by atoms with E-state index in [-0.39, 0.29) is 23.8 Å². The van der Waals surface area contributed by atoms with Gasteiger partial charge in [0.05, 0.1) is 40.6 Å². The molecule has 3 aromatic carbocycles. The van der Waals surface area contributed by atoms with Crippen molar-refractivity contribution in [2.75, 3.05) is 7.11 Å². The Balaban J connectivity index is 1.55. The third kappa shape index (κ3) is 6.29. The maximum atomic E-state index is 14.0. The molecule has 1 N–H and O–H groups in total. The third-order valence-electron chi connectivity index (χ3n) is 6.82. The maximum Gasteiger partial charge on any atom is 0.338 e. The number of aromatic carboxylic acids is 1. The molecular formula is C33H30N2O7S. The van der Waals surface area contributed by atoms with Gasteiger partial charge in [-0.15, -0.1) is 0 Å². The molecule has 4 aromatic rings. The van der Waals surface area contributed by atoms with Gasteiger partial charge in [-0.3, -0.25) is 9.36 Å². The minimum atomic E-state index is -0.993. The Labute approximate surface area is 251 Å². The standard InChI is InChI=1S/C33H30N2O7S/c1-19(2)42-32(39)28-20(3)34-33-35(29(28)22-13-15-25(40-4)16-14-22)30(36)27(43-33)17-24-7-5-6-8-26(24)41-18-21-9-11-23(12-10-21)31(37)38/h5-17,19,29H,18H2,1-4H3,(H,37,38)/b27-17-/t29-/m0/s1. The number of hydrogen-bond acceptors (Lipinski definition) is 8. The number of methoxy groups -OCH3 is 1. The van der Waals surface area contributed by atoms with E-state index in [2.05, 4.69) is 4.99 Å². The van der Waals surface area contributed by atoms with E-state index in [0.717, 1.165) is 11.1 Å². The number of nitrogens with zero attached hydrogens (tertiary/aromatic N) is 2. The number of fused-ring (bicyclic) bond motifs is 1. The molecule has 0 fully saturated rings. The number of carbonyl (C=O) groups is 2. The normalized spacial score (nSPS) is 14.7. The maximum absolute atomic E-state index is 14.0. The number of ether oxygens (including phenoxy) is 3. The molecule has 0 bridgehead atoms. The molecule has 2 heterocycles. The summed E-state index contributed by atoms with van der Waals surface area (Å²) in [5.41, 5.74) is 2.89. The molecule has 5 rings (SSSR count). The van der Waals surface area contributed by atoms with Crippen molar-refractivity contribution >= 4 is 29.4 Å². The fourth-order valence-corrected chi connectivity index (χ4v) is 5.78. The van der Waals surface area contributed by atoms with Crippen LogP contribution in [0.1, 0.15) is 53.9 Å². The van der Waals surface area contributed by atoms with Gasteiger partial charge < -0.3 is 19.3 Å². The number of para-hydroxylation sites is 1. The number of esters is 1. The molecule has 0 saturated carbocycles. The Morgan fingerprint density at radius 1 is 1.05 bits per heavy atom. The predicted molar refractivity (Wildman–Crippen MR) is 162 cm³/mol. The van der Waals surface area contributed by atoms with Gasteiger partial charge >= 0.3 is 11.9 Å². The monoisotopic (exact) mass is 598 g/mol. The van der Waals surface area contributed by atoms with Crippen LogP contribution >= 0.6 is 11.3 Å². The van der Waals surface area contributed by atoms with Crippen LogP contribution < -0.4 is 24.4 Å². The summed E-state index contributed by atoms with van der Waals surface area (Å²) < 4.78 is 18.9. The van der Waals surface area contributed by atoms with E-state index in [1.807, 2.05) is 30.3 Å². The smallest absolute Gasteiger partial charge is 0.338 e. The molecule has 0 radical (unpaired) electrons. The number of allylic oxidation sites excluding steroid dienone is 1. The number of carboxylic acid groups (broad SMARTS) is 1. The minimum absolute atomic E-state index is 0.198. The molecule has 0 aliphatic carbocycles. The van der Waals surface area contributed by atoms with Crippen molar-refractivity contribution in [3.63, 3.8) is 0 Å². The summed E-state index contributed by atoms with van der Waals surface area (Å²) in [5.74, 6) is -0.313. The van der Waals surface area contributed by atoms with Gasteiger partial charge in [0.15, 0.2) is 4.80 Å². The third-order valence-corrected chi connectivity index (χ3v) is 7.80. The number of aromatic nitrogens is 1. The molecule has 1 aromatic heterocycles. The van der Waals surface area contributed by atoms with Crippen LogP contribution in [0.4, 0.5) is 0 Å². The van der Waals surface area contributed by atoms with E-state index < -0.39 is 18.0 Å². The Hall–Kier alpha value is -4.96. The molecule has 9 nitrogen and oxygen atoms in total. The molecule has 10 heteroatoms. The second kappa shape index (κ2) is 12.5. The molecule has 1 aliphatic rings. The number of benzene rings is 3. The highest BCUT2D eigenvalue weighted by Crippen LogP contribution is 2.32. The van der Waals surface area contributed by atoms with Crippen molar-refractivity contribution in [1.29, 1.82) is 0 Å². The van der Waals surface area contributed by atoms with Gasteiger partial charge in [-0.25, -0.2) is 14.6 Å². The lowest BCUT2D eigenvalue weighted by Gasteiger charge is -2.25. The first-order valence-corrected chi connectivity index (χ1v) is 14.4. The molecular weight excluding hydrogens is 568 g/mol. The first-order chi connectivity index (χ1) is 20.7. The highest BCUT2D eigenvalue weighted by Gasteiger charge is 2.33. The van der Waals surface area contributed by atoms with Gasteiger partial charge in [-0.2, -0.15) is 0 Å². The number of carboxylic acids is 1. The van der Waals surface area contributed by atoms with E-state index in [0.29, 0.717) is 37.7 Å². The lowest BCUT2D eigenvalue weighted by Crippen LogP contribution is -2.40. The fourth-order valence-electron chi connectivity index (χ4n) is 4.74. The Kier molecular flexibility index (Phi) is 8.58. The topological polar surface area (TPSA) is 116 Å². The van der Waals surface area contributed by atoms with Crippen molar-refractivity contribution in [3.05, 3.63) is 126 Å². The molecule has 0 amide bonds. The number of hydrogen-bond donors (Lipinski definition) is 1. The van der Waals surface area contributed by atoms with Crippen LogP contribution in [-0.4, -0.2) is 34.8 Å². The number of thiazole rings is 1. The van der Waals surface area contributed by atoms with Crippen LogP contribution in [0.25, 0.3) is 6.08 Å². The lowest BCUT2D eigenvalue weighted by atomic mass is 9.96. The fraction of sp³-hybridized carbons (Fsp3) is 0.212. The Bertz CT molecular complexity index is 1890. The SMILES string of the molecule is COc1ccc([C@H]2C(C(=O)OC(C)C)=C(C)N=c3s/c(=C\c4ccccc4OCc4ccc(C(=O)O)cc4)c(=O)n32)cc1. The lowest BCUT2D eigenvalue weighted by molar-refractivity contribution is -0.143. The van der Waals surface area contributed by atoms with Gasteiger partial charge in [0.1, 0.15) is 18.1 Å². The van der Waals surface area contributed by atoms with Crippen LogP contribution in [0.3, 0.4) is 0 Å². The largest absolute Gasteiger partial charge is 0.497 e. The molecule has 220 valence electrons. The zero-order chi connectivity index (χ0) is 30.7. The van der Waals surface area contributed by atoms with Crippen LogP contribution in [0.15, 0.2) is 93.9 Å². The first kappa shape index (κ1) is 29.5. The van der Waals surface area contributed by atoms with Crippen molar-refractivity contribution in [2.45, 2.75) is 39.5 Å². The summed E-state index contributed by atoms with van der Waals surface area (Å²) in [4.78, 5) is 43.6. The number of rotatable bonds is 9. The van der Waals surface area contributed by atoms with Gasteiger partial charge in [0, 0.05) is 5.56 Å². The van der Waals surface area contributed by atoms with E-state index in [1.54, 1.807) is 64.3 Å². The Morgan fingerprint density at radius 2 is 1.74 bits per heavy atom. The van der Waals surface area contributed by atoms with Gasteiger partial charge in [-0.05, 0) is 68.3 Å². The zero-order valence-corrected chi connectivity index (χ0v) is 24.9. The average molecular weight is 599 g/mol. The van der Waals surface area contributed by atoms with Crippen LogP contribution in [0.2, 0.25) is 0 Å². The van der Waals surface area contributed by atoms with E-state index in [4.69, 9.17) is 19.3 Å². The molecule has 1 atom stereocenters. The molecule has 0 unspecified atom stereocenters. The first-order valence-electron chi connectivity index (χ1n) is 13.6. The van der Waals surface area contributed by atoms with Gasteiger partial charge in [-0.1, -0.05) is 53.8 Å². The highest BCUT2D eigenvalue weighted by molar-refractivity contribution is 7.07. The zero-order valence-electron chi connectivity index (χ0n) is 24.1. The summed E-state index contributed by atoms with van der Waals surface area (Å²) in [6.07, 6.45) is 1.41. The summed E-state index contributed by atoms with van der Waals surface area (Å²) in [7, 11) is 1.57. The molecule has 0 saturated heterocycles. The average Bonchev–Trinajstić information content (AvgIpc) is 3.29. The quantitative estimate of drug-likeness (QED) is 0.283. The van der Waals surface area contributed by atoms with Crippen LogP contribution in [-0.2, 0) is 16.1 Å². The van der Waals surface area contributed by atoms with Gasteiger partial charge in [0.2, 0.25) is 0 Å². The second-order valence-corrected chi connectivity index (χ2v) is 11.1. The summed E-state index contributed by atoms with van der Waals surface area (Å²) in [6.45, 7) is 5.51. The van der Waals surface area contributed by atoms with Crippen molar-refractivity contribution in [2.24, 2.45) is 4.99 Å². The summed E-state index contributed by atoms with van der Waals surface area (Å²) in [5, 5.41) is 9.14. The second-order valence-electron chi connectivity index (χ2n) is 10.1. The molecule has 43 heavy (non-hydrogen) atoms. The molecule has 1 aliphatic heterocycles. The van der Waals surface area contributed by atoms with E-state index >= 15 is 0 Å². The van der Waals surface area contributed by atoms with Crippen molar-refractivity contribution < 1.29 is 28.9 Å². The number of carbonyl (C=O) groups excluding carboxylic acids is 1. The summed E-state index contributed by atoms with van der Waals surface area (Å²) >= 11 is 1.23. The Morgan fingerprint density at radius 3 is 2.40 bits per heavy atom. The molecule has 0 spiro atoms. The predicted octanol–water partition coefficient (Wildman–Crippen LogP) is 4.47. The summed E-state index contributed by atoms with van der Waals surface area (Å²) in [6, 6.07) is 20.3. The van der Waals surface area contributed by atoms with E-state index in [9.17, 15) is 14.4 Å². The van der Waals surface area contributed by atoms with Crippen LogP contribution in [0, 0.1) is 0 Å². The van der Waals surface area contributed by atoms with Gasteiger partial charge in [0.25, 0.3) is 5.56 Å². The van der Waals surface area contributed by atoms with Crippen molar-refractivity contribution in [1.82, 2.24) is 4.57 Å². The minimum Gasteiger partial charge on any atom is -0.497 e.